The first-order valence-corrected chi connectivity index (χ1v) is 9.35. The molecule has 25 heavy (non-hydrogen) atoms. The molecule has 2 aliphatic heterocycles. The highest BCUT2D eigenvalue weighted by Crippen LogP contribution is 2.23. The Morgan fingerprint density at radius 1 is 1.24 bits per heavy atom. The number of ether oxygens (including phenoxy) is 1. The summed E-state index contributed by atoms with van der Waals surface area (Å²) in [5, 5.41) is 0. The predicted molar refractivity (Wildman–Crippen MR) is 95.9 cm³/mol. The minimum Gasteiger partial charge on any atom is -0.378 e. The van der Waals surface area contributed by atoms with Crippen molar-refractivity contribution in [1.29, 1.82) is 0 Å². The fraction of sp³-hybridized carbons (Fsp3) is 0.600. The molecule has 2 amide bonds. The van der Waals surface area contributed by atoms with Crippen LogP contribution in [0.4, 0.5) is 0 Å². The van der Waals surface area contributed by atoms with Crippen LogP contribution in [0.2, 0.25) is 0 Å². The van der Waals surface area contributed by atoms with Crippen molar-refractivity contribution < 1.29 is 14.3 Å². The molecule has 2 saturated heterocycles. The first-order chi connectivity index (χ1) is 12.1. The van der Waals surface area contributed by atoms with Crippen molar-refractivity contribution in [2.24, 2.45) is 0 Å². The van der Waals surface area contributed by atoms with Crippen LogP contribution in [0.1, 0.15) is 44.1 Å². The summed E-state index contributed by atoms with van der Waals surface area (Å²) in [4.78, 5) is 28.6. The summed E-state index contributed by atoms with van der Waals surface area (Å²) in [6, 6.07) is 9.55. The number of hydrogen-bond acceptors (Lipinski definition) is 3. The zero-order chi connectivity index (χ0) is 17.6. The topological polar surface area (TPSA) is 49.9 Å². The highest BCUT2D eigenvalue weighted by Gasteiger charge is 2.37. The molecule has 0 N–H and O–H groups in total. The monoisotopic (exact) mass is 344 g/mol. The quantitative estimate of drug-likeness (QED) is 0.797. The van der Waals surface area contributed by atoms with Gasteiger partial charge in [0, 0.05) is 33.2 Å². The molecule has 136 valence electrons. The van der Waals surface area contributed by atoms with Crippen LogP contribution >= 0.6 is 0 Å². The minimum absolute atomic E-state index is 0.0533. The highest BCUT2D eigenvalue weighted by molar-refractivity contribution is 5.90. The Kier molecular flexibility index (Phi) is 6.08. The molecule has 2 aliphatic rings. The Balaban J connectivity index is 1.56. The molecule has 0 radical (unpaired) electrons. The van der Waals surface area contributed by atoms with E-state index in [0.717, 1.165) is 31.4 Å². The third-order valence-corrected chi connectivity index (χ3v) is 5.25. The Morgan fingerprint density at radius 3 is 2.76 bits per heavy atom. The van der Waals surface area contributed by atoms with Gasteiger partial charge in [-0.1, -0.05) is 30.3 Å². The summed E-state index contributed by atoms with van der Waals surface area (Å²) in [5.41, 5.74) is 1.06. The second kappa shape index (κ2) is 8.48. The van der Waals surface area contributed by atoms with Gasteiger partial charge in [-0.25, -0.2) is 0 Å². The molecule has 1 aromatic carbocycles. The van der Waals surface area contributed by atoms with E-state index in [2.05, 4.69) is 0 Å². The van der Waals surface area contributed by atoms with E-state index >= 15 is 0 Å². The van der Waals surface area contributed by atoms with Crippen LogP contribution in [-0.4, -0.2) is 54.0 Å². The molecule has 2 unspecified atom stereocenters. The van der Waals surface area contributed by atoms with Gasteiger partial charge in [0.1, 0.15) is 6.04 Å². The van der Waals surface area contributed by atoms with Crippen LogP contribution in [0, 0.1) is 0 Å². The van der Waals surface area contributed by atoms with Crippen LogP contribution in [0.3, 0.4) is 0 Å². The number of likely N-dealkylation sites (tertiary alicyclic amines) is 1. The number of carbonyl (C=O) groups is 2. The molecule has 2 fully saturated rings. The fourth-order valence-corrected chi connectivity index (χ4v) is 3.71. The minimum atomic E-state index is -0.329. The summed E-state index contributed by atoms with van der Waals surface area (Å²) in [7, 11) is 1.84. The van der Waals surface area contributed by atoms with Crippen LogP contribution in [0.15, 0.2) is 30.3 Å². The van der Waals surface area contributed by atoms with Crippen molar-refractivity contribution in [1.82, 2.24) is 9.80 Å². The van der Waals surface area contributed by atoms with E-state index in [1.165, 1.54) is 6.42 Å². The Morgan fingerprint density at radius 2 is 2.04 bits per heavy atom. The lowest BCUT2D eigenvalue weighted by Crippen LogP contribution is -2.45. The second-order valence-electron chi connectivity index (χ2n) is 7.10. The van der Waals surface area contributed by atoms with E-state index in [1.807, 2.05) is 37.4 Å². The average molecular weight is 344 g/mol. The molecule has 3 rings (SSSR count). The van der Waals surface area contributed by atoms with E-state index < -0.39 is 0 Å². The summed E-state index contributed by atoms with van der Waals surface area (Å²) >= 11 is 0. The molecule has 0 saturated carbocycles. The summed E-state index contributed by atoms with van der Waals surface area (Å²) in [5.74, 6) is 0.129. The molecular formula is C20H28N2O3. The van der Waals surface area contributed by atoms with Gasteiger partial charge in [0.15, 0.2) is 0 Å². The first kappa shape index (κ1) is 17.9. The number of amides is 2. The normalized spacial score (nSPS) is 23.7. The maximum atomic E-state index is 12.9. The summed E-state index contributed by atoms with van der Waals surface area (Å²) in [6.07, 6.45) is 5.67. The zero-order valence-corrected chi connectivity index (χ0v) is 15.0. The van der Waals surface area contributed by atoms with Crippen molar-refractivity contribution in [3.05, 3.63) is 35.9 Å². The van der Waals surface area contributed by atoms with Gasteiger partial charge >= 0.3 is 0 Å². The Hall–Kier alpha value is -1.88. The van der Waals surface area contributed by atoms with Crippen molar-refractivity contribution in [2.45, 2.75) is 57.2 Å². The maximum absolute atomic E-state index is 12.9. The van der Waals surface area contributed by atoms with Crippen LogP contribution in [0.5, 0.6) is 0 Å². The molecule has 2 atom stereocenters. The van der Waals surface area contributed by atoms with Crippen LogP contribution < -0.4 is 0 Å². The third kappa shape index (κ3) is 4.60. The van der Waals surface area contributed by atoms with Gasteiger partial charge in [0.2, 0.25) is 11.8 Å². The number of rotatable bonds is 6. The van der Waals surface area contributed by atoms with Gasteiger partial charge in [-0.3, -0.25) is 9.59 Å². The molecular weight excluding hydrogens is 316 g/mol. The second-order valence-corrected chi connectivity index (χ2v) is 7.10. The molecule has 5 heteroatoms. The van der Waals surface area contributed by atoms with Crippen LogP contribution in [0.25, 0.3) is 0 Å². The fourth-order valence-electron chi connectivity index (χ4n) is 3.71. The van der Waals surface area contributed by atoms with E-state index in [4.69, 9.17) is 4.74 Å². The SMILES string of the molecule is CN(CCC1CCCCO1)C(=O)C1CCC(=O)N1Cc1ccccc1. The number of likely N-dealkylation sites (N-methyl/N-ethyl adjacent to an activating group) is 1. The number of benzene rings is 1. The van der Waals surface area contributed by atoms with Gasteiger partial charge in [-0.15, -0.1) is 0 Å². The van der Waals surface area contributed by atoms with E-state index in [-0.39, 0.29) is 24.0 Å². The zero-order valence-electron chi connectivity index (χ0n) is 15.0. The molecule has 5 nitrogen and oxygen atoms in total. The van der Waals surface area contributed by atoms with Crippen molar-refractivity contribution in [3.63, 3.8) is 0 Å². The Bertz CT molecular complexity index is 584. The lowest BCUT2D eigenvalue weighted by atomic mass is 10.1. The van der Waals surface area contributed by atoms with Crippen molar-refractivity contribution in [2.75, 3.05) is 20.2 Å². The highest BCUT2D eigenvalue weighted by atomic mass is 16.5. The van der Waals surface area contributed by atoms with Crippen molar-refractivity contribution >= 4 is 11.8 Å². The third-order valence-electron chi connectivity index (χ3n) is 5.25. The van der Waals surface area contributed by atoms with E-state index in [9.17, 15) is 9.59 Å². The van der Waals surface area contributed by atoms with Gasteiger partial charge in [0.25, 0.3) is 0 Å². The molecule has 1 aromatic rings. The number of hydrogen-bond donors (Lipinski definition) is 0. The molecule has 2 heterocycles. The molecule has 0 aromatic heterocycles. The van der Waals surface area contributed by atoms with Gasteiger partial charge in [0.05, 0.1) is 6.10 Å². The number of carbonyl (C=O) groups excluding carboxylic acids is 2. The average Bonchev–Trinajstić information content (AvgIpc) is 3.01. The van der Waals surface area contributed by atoms with Gasteiger partial charge in [-0.05, 0) is 37.7 Å². The largest absolute Gasteiger partial charge is 0.378 e. The molecule has 0 aliphatic carbocycles. The van der Waals surface area contributed by atoms with Crippen LogP contribution in [-0.2, 0) is 20.9 Å². The summed E-state index contributed by atoms with van der Waals surface area (Å²) < 4.78 is 5.75. The van der Waals surface area contributed by atoms with Crippen molar-refractivity contribution in [3.8, 4) is 0 Å². The predicted octanol–water partition coefficient (Wildman–Crippen LogP) is 2.60. The number of nitrogens with zero attached hydrogens (tertiary/aromatic N) is 2. The molecule has 0 bridgehead atoms. The smallest absolute Gasteiger partial charge is 0.245 e. The summed E-state index contributed by atoms with van der Waals surface area (Å²) in [6.45, 7) is 2.04. The first-order valence-electron chi connectivity index (χ1n) is 9.35. The lowest BCUT2D eigenvalue weighted by molar-refractivity contribution is -0.141. The lowest BCUT2D eigenvalue weighted by Gasteiger charge is -2.30. The van der Waals surface area contributed by atoms with Gasteiger partial charge < -0.3 is 14.5 Å². The van der Waals surface area contributed by atoms with E-state index in [1.54, 1.807) is 9.80 Å². The maximum Gasteiger partial charge on any atom is 0.245 e. The molecule has 0 spiro atoms. The standard InChI is InChI=1S/C20H28N2O3/c1-21(13-12-17-9-5-6-14-25-17)20(24)18-10-11-19(23)22(18)15-16-7-3-2-4-8-16/h2-4,7-8,17-18H,5-6,9-15H2,1H3. The van der Waals surface area contributed by atoms with E-state index in [0.29, 0.717) is 25.9 Å². The van der Waals surface area contributed by atoms with Gasteiger partial charge in [-0.2, -0.15) is 0 Å². The Labute approximate surface area is 149 Å².